The monoisotopic (exact) mass is 1150 g/mol. The summed E-state index contributed by atoms with van der Waals surface area (Å²) in [6.45, 7) is 6.43. The summed E-state index contributed by atoms with van der Waals surface area (Å²) in [6.07, 6.45) is 97.8. The molecule has 474 valence electrons. The number of esters is 3. The molecule has 6 nitrogen and oxygen atoms in total. The molecular formula is C77H130O6. The topological polar surface area (TPSA) is 78.9 Å². The highest BCUT2D eigenvalue weighted by Crippen LogP contribution is 2.16. The van der Waals surface area contributed by atoms with Crippen molar-refractivity contribution in [2.45, 2.75) is 335 Å². The first-order valence-corrected chi connectivity index (χ1v) is 35.0. The Hall–Kier alpha value is -4.19. The van der Waals surface area contributed by atoms with Crippen LogP contribution in [0.3, 0.4) is 0 Å². The van der Waals surface area contributed by atoms with Gasteiger partial charge in [0.1, 0.15) is 13.2 Å². The summed E-state index contributed by atoms with van der Waals surface area (Å²) in [6, 6.07) is 0. The summed E-state index contributed by atoms with van der Waals surface area (Å²) in [4.78, 5) is 38.5. The van der Waals surface area contributed by atoms with Gasteiger partial charge in [0.25, 0.3) is 0 Å². The van der Waals surface area contributed by atoms with Gasteiger partial charge >= 0.3 is 17.9 Å². The van der Waals surface area contributed by atoms with Crippen molar-refractivity contribution >= 4 is 17.9 Å². The molecule has 0 aliphatic heterocycles. The van der Waals surface area contributed by atoms with Crippen molar-refractivity contribution in [2.24, 2.45) is 0 Å². The summed E-state index contributed by atoms with van der Waals surface area (Å²) >= 11 is 0. The van der Waals surface area contributed by atoms with Gasteiger partial charge in [-0.15, -0.1) is 0 Å². The number of rotatable bonds is 63. The van der Waals surface area contributed by atoms with Crippen molar-refractivity contribution in [2.75, 3.05) is 13.2 Å². The van der Waals surface area contributed by atoms with Crippen LogP contribution in [0.4, 0.5) is 0 Å². The number of unbranched alkanes of at least 4 members (excludes halogenated alkanes) is 32. The third-order valence-corrected chi connectivity index (χ3v) is 14.9. The van der Waals surface area contributed by atoms with Crippen LogP contribution in [0.15, 0.2) is 122 Å². The molecule has 0 rings (SSSR count). The van der Waals surface area contributed by atoms with Crippen molar-refractivity contribution in [3.05, 3.63) is 122 Å². The molecule has 0 fully saturated rings. The fourth-order valence-electron chi connectivity index (χ4n) is 9.75. The van der Waals surface area contributed by atoms with E-state index in [1.807, 2.05) is 0 Å². The van der Waals surface area contributed by atoms with Crippen molar-refractivity contribution in [3.63, 3.8) is 0 Å². The second-order valence-corrected chi connectivity index (χ2v) is 23.0. The van der Waals surface area contributed by atoms with Gasteiger partial charge in [-0.25, -0.2) is 0 Å². The minimum atomic E-state index is -0.793. The van der Waals surface area contributed by atoms with E-state index in [1.165, 1.54) is 154 Å². The van der Waals surface area contributed by atoms with Crippen LogP contribution in [0.25, 0.3) is 0 Å². The van der Waals surface area contributed by atoms with Crippen LogP contribution in [0.2, 0.25) is 0 Å². The van der Waals surface area contributed by atoms with Gasteiger partial charge in [0, 0.05) is 19.3 Å². The third kappa shape index (κ3) is 68.5. The van der Waals surface area contributed by atoms with Gasteiger partial charge in [-0.05, 0) is 128 Å². The lowest BCUT2D eigenvalue weighted by atomic mass is 10.1. The largest absolute Gasteiger partial charge is 0.462 e. The van der Waals surface area contributed by atoms with Crippen LogP contribution in [0.1, 0.15) is 329 Å². The standard InChI is InChI=1S/C77H130O6/c1-4-7-10-13-16-19-22-25-28-31-34-36-37-38-39-41-43-46-49-52-55-58-61-64-67-70-76(79)82-73-74(72-81-75(78)69-66-63-60-57-54-51-48-45-42-33-30-27-24-21-18-15-12-9-6-3)83-77(80)71-68-65-62-59-56-53-50-47-44-40-35-32-29-26-23-20-17-14-11-8-5-2/h7,9-10,12,16,18-19,21,25,27-28,30,32,34-36,38-39,42,45,74H,4-6,8,11,13-15,17,20,22-24,26,29,31,33,37,40-41,43-44,46-73H2,1-3H3/b10-7-,12-9-,19-16-,21-18-,28-25-,30-27-,35-32-,36-34-,39-38-,45-42-. The summed E-state index contributed by atoms with van der Waals surface area (Å²) in [5.41, 5.74) is 0. The van der Waals surface area contributed by atoms with Crippen LogP contribution >= 0.6 is 0 Å². The SMILES string of the molecule is CC/C=C\C/C=C\C/C=C\C/C=C\C/C=C\CCCCCCCCCCCC(=O)OCC(COC(=O)CCCCCCCC/C=C\C/C=C\C/C=C\C/C=C\CC)OC(=O)CCCCCCCCCCC/C=C\CCCCCCCCCC. The fraction of sp³-hybridized carbons (Fsp3) is 0.701. The molecular weight excluding hydrogens is 1020 g/mol. The predicted octanol–water partition coefficient (Wildman–Crippen LogP) is 24.3. The normalized spacial score (nSPS) is 12.9. The second-order valence-electron chi connectivity index (χ2n) is 23.0. The lowest BCUT2D eigenvalue weighted by Crippen LogP contribution is -2.30. The zero-order valence-corrected chi connectivity index (χ0v) is 54.4. The first-order chi connectivity index (χ1) is 41.0. The molecule has 1 unspecified atom stereocenters. The molecule has 83 heavy (non-hydrogen) atoms. The smallest absolute Gasteiger partial charge is 0.306 e. The molecule has 6 heteroatoms. The Labute approximate surface area is 513 Å². The van der Waals surface area contributed by atoms with Gasteiger partial charge in [-0.2, -0.15) is 0 Å². The zero-order valence-electron chi connectivity index (χ0n) is 54.4. The molecule has 0 heterocycles. The van der Waals surface area contributed by atoms with E-state index in [0.29, 0.717) is 19.3 Å². The number of hydrogen-bond acceptors (Lipinski definition) is 6. The van der Waals surface area contributed by atoms with Gasteiger partial charge in [0.05, 0.1) is 0 Å². The van der Waals surface area contributed by atoms with Crippen molar-refractivity contribution in [3.8, 4) is 0 Å². The van der Waals surface area contributed by atoms with Gasteiger partial charge < -0.3 is 14.2 Å². The summed E-state index contributed by atoms with van der Waals surface area (Å²) < 4.78 is 17.0. The molecule has 0 aliphatic rings. The Morgan fingerprint density at radius 3 is 0.747 bits per heavy atom. The molecule has 0 aromatic rings. The van der Waals surface area contributed by atoms with Gasteiger partial charge in [-0.1, -0.05) is 303 Å². The van der Waals surface area contributed by atoms with E-state index in [0.717, 1.165) is 135 Å². The second kappa shape index (κ2) is 70.3. The van der Waals surface area contributed by atoms with E-state index in [-0.39, 0.29) is 31.1 Å². The Morgan fingerprint density at radius 1 is 0.253 bits per heavy atom. The molecule has 0 aliphatic carbocycles. The van der Waals surface area contributed by atoms with Crippen LogP contribution in [-0.2, 0) is 28.6 Å². The van der Waals surface area contributed by atoms with E-state index >= 15 is 0 Å². The Kier molecular flexibility index (Phi) is 66.7. The van der Waals surface area contributed by atoms with E-state index in [9.17, 15) is 14.4 Å². The maximum absolute atomic E-state index is 13.0. The number of carbonyl (C=O) groups is 3. The molecule has 0 amide bonds. The average Bonchev–Trinajstić information content (AvgIpc) is 3.50. The van der Waals surface area contributed by atoms with Crippen LogP contribution in [-0.4, -0.2) is 37.2 Å². The maximum Gasteiger partial charge on any atom is 0.306 e. The highest BCUT2D eigenvalue weighted by molar-refractivity contribution is 5.71. The molecule has 0 aromatic heterocycles. The van der Waals surface area contributed by atoms with Crippen molar-refractivity contribution in [1.29, 1.82) is 0 Å². The summed E-state index contributed by atoms with van der Waals surface area (Å²) in [5, 5.41) is 0. The van der Waals surface area contributed by atoms with Crippen molar-refractivity contribution < 1.29 is 28.6 Å². The van der Waals surface area contributed by atoms with E-state index in [1.54, 1.807) is 0 Å². The summed E-state index contributed by atoms with van der Waals surface area (Å²) in [7, 11) is 0. The fourth-order valence-corrected chi connectivity index (χ4v) is 9.75. The molecule has 0 saturated heterocycles. The summed E-state index contributed by atoms with van der Waals surface area (Å²) in [5.74, 6) is -0.898. The molecule has 0 radical (unpaired) electrons. The minimum Gasteiger partial charge on any atom is -0.462 e. The van der Waals surface area contributed by atoms with E-state index < -0.39 is 6.10 Å². The maximum atomic E-state index is 13.0. The van der Waals surface area contributed by atoms with Gasteiger partial charge in [0.2, 0.25) is 0 Å². The number of hydrogen-bond donors (Lipinski definition) is 0. The molecule has 0 N–H and O–H groups in total. The lowest BCUT2D eigenvalue weighted by molar-refractivity contribution is -0.167. The lowest BCUT2D eigenvalue weighted by Gasteiger charge is -2.18. The quantitative estimate of drug-likeness (QED) is 0.0261. The zero-order chi connectivity index (χ0) is 59.9. The van der Waals surface area contributed by atoms with Crippen LogP contribution in [0, 0.1) is 0 Å². The molecule has 0 aromatic carbocycles. The Bertz CT molecular complexity index is 1700. The predicted molar refractivity (Wildman–Crippen MR) is 362 cm³/mol. The first kappa shape index (κ1) is 78.8. The third-order valence-electron chi connectivity index (χ3n) is 14.9. The number of allylic oxidation sites excluding steroid dienone is 20. The molecule has 0 spiro atoms. The molecule has 0 bridgehead atoms. The first-order valence-electron chi connectivity index (χ1n) is 35.0. The van der Waals surface area contributed by atoms with Gasteiger partial charge in [-0.3, -0.25) is 14.4 Å². The van der Waals surface area contributed by atoms with E-state index in [4.69, 9.17) is 14.2 Å². The average molecular weight is 1150 g/mol. The minimum absolute atomic E-state index is 0.0879. The van der Waals surface area contributed by atoms with Gasteiger partial charge in [0.15, 0.2) is 6.10 Å². The highest BCUT2D eigenvalue weighted by Gasteiger charge is 2.19. The molecule has 0 saturated carbocycles. The number of ether oxygens (including phenoxy) is 3. The Morgan fingerprint density at radius 2 is 0.470 bits per heavy atom. The van der Waals surface area contributed by atoms with E-state index in [2.05, 4.69) is 142 Å². The highest BCUT2D eigenvalue weighted by atomic mass is 16.6. The number of carbonyl (C=O) groups excluding carboxylic acids is 3. The van der Waals surface area contributed by atoms with Crippen LogP contribution < -0.4 is 0 Å². The van der Waals surface area contributed by atoms with Crippen molar-refractivity contribution in [1.82, 2.24) is 0 Å². The van der Waals surface area contributed by atoms with Crippen LogP contribution in [0.5, 0.6) is 0 Å². The Balaban J connectivity index is 4.41. The molecule has 1 atom stereocenters.